The molecular formula is C13H9BrN2O. The second kappa shape index (κ2) is 3.67. The van der Waals surface area contributed by atoms with Gasteiger partial charge in [0.05, 0.1) is 21.2 Å². The Labute approximate surface area is 106 Å². The Morgan fingerprint density at radius 3 is 2.76 bits per heavy atom. The Bertz CT molecular complexity index is 748. The van der Waals surface area contributed by atoms with E-state index < -0.39 is 0 Å². The largest absolute Gasteiger partial charge is 0.341 e. The van der Waals surface area contributed by atoms with Crippen molar-refractivity contribution in [1.29, 1.82) is 0 Å². The third kappa shape index (κ3) is 1.48. The molecule has 1 heterocycles. The molecular weight excluding hydrogens is 280 g/mol. The number of rotatable bonds is 0. The summed E-state index contributed by atoms with van der Waals surface area (Å²) in [7, 11) is 1.94. The van der Waals surface area contributed by atoms with Crippen LogP contribution in [0.1, 0.15) is 0 Å². The van der Waals surface area contributed by atoms with E-state index in [4.69, 9.17) is 0 Å². The molecule has 1 aromatic carbocycles. The number of hydrogen-bond donors (Lipinski definition) is 0. The van der Waals surface area contributed by atoms with Crippen molar-refractivity contribution in [2.24, 2.45) is 7.05 Å². The summed E-state index contributed by atoms with van der Waals surface area (Å²) in [5, 5.41) is 0. The predicted molar refractivity (Wildman–Crippen MR) is 71.3 cm³/mol. The zero-order valence-electron chi connectivity index (χ0n) is 9.14. The molecule has 0 radical (unpaired) electrons. The first-order chi connectivity index (χ1) is 8.18. The maximum absolute atomic E-state index is 12.0. The zero-order chi connectivity index (χ0) is 12.0. The average molecular weight is 289 g/mol. The van der Waals surface area contributed by atoms with Gasteiger partial charge in [-0.05, 0) is 40.2 Å². The minimum absolute atomic E-state index is 0.0659. The van der Waals surface area contributed by atoms with E-state index in [1.165, 1.54) is 0 Å². The molecule has 84 valence electrons. The Hall–Kier alpha value is -1.68. The van der Waals surface area contributed by atoms with Crippen LogP contribution in [0, 0.1) is 0 Å². The fourth-order valence-corrected chi connectivity index (χ4v) is 2.33. The van der Waals surface area contributed by atoms with Crippen molar-refractivity contribution in [2.75, 3.05) is 0 Å². The molecule has 0 fully saturated rings. The van der Waals surface area contributed by atoms with Crippen LogP contribution in [0.4, 0.5) is 0 Å². The number of fused-ring (bicyclic) bond motifs is 2. The van der Waals surface area contributed by atoms with E-state index in [2.05, 4.69) is 20.9 Å². The van der Waals surface area contributed by atoms with Crippen LogP contribution < -0.4 is 5.43 Å². The summed E-state index contributed by atoms with van der Waals surface area (Å²) < 4.78 is 2.54. The van der Waals surface area contributed by atoms with Gasteiger partial charge < -0.3 is 4.57 Å². The Morgan fingerprint density at radius 2 is 1.94 bits per heavy atom. The quantitative estimate of drug-likeness (QED) is 0.596. The minimum atomic E-state index is -0.0659. The highest BCUT2D eigenvalue weighted by Gasteiger charge is 2.14. The van der Waals surface area contributed by atoms with Crippen molar-refractivity contribution >= 4 is 27.0 Å². The third-order valence-corrected chi connectivity index (χ3v) is 3.52. The maximum atomic E-state index is 12.0. The highest BCUT2D eigenvalue weighted by molar-refractivity contribution is 9.10. The van der Waals surface area contributed by atoms with Gasteiger partial charge in [0.1, 0.15) is 5.69 Å². The lowest BCUT2D eigenvalue weighted by Gasteiger charge is -2.13. The van der Waals surface area contributed by atoms with Gasteiger partial charge >= 0.3 is 0 Å². The summed E-state index contributed by atoms with van der Waals surface area (Å²) >= 11 is 3.24. The first kappa shape index (κ1) is 10.5. The van der Waals surface area contributed by atoms with Gasteiger partial charge in [0, 0.05) is 7.05 Å². The fourth-order valence-electron chi connectivity index (χ4n) is 2.01. The summed E-state index contributed by atoms with van der Waals surface area (Å²) in [6.07, 6.45) is 0. The van der Waals surface area contributed by atoms with E-state index in [1.54, 1.807) is 6.07 Å². The smallest absolute Gasteiger partial charge is 0.220 e. The van der Waals surface area contributed by atoms with Gasteiger partial charge in [-0.2, -0.15) is 0 Å². The Morgan fingerprint density at radius 1 is 1.18 bits per heavy atom. The molecule has 0 bridgehead atoms. The maximum Gasteiger partial charge on any atom is 0.220 e. The normalized spacial score (nSPS) is 11.2. The monoisotopic (exact) mass is 288 g/mol. The molecule has 0 amide bonds. The highest BCUT2D eigenvalue weighted by Crippen LogP contribution is 2.23. The van der Waals surface area contributed by atoms with Gasteiger partial charge in [0.15, 0.2) is 0 Å². The van der Waals surface area contributed by atoms with Crippen LogP contribution in [0.2, 0.25) is 0 Å². The number of hydrogen-bond acceptors (Lipinski definition) is 2. The molecule has 2 aliphatic rings. The molecule has 0 spiro atoms. The molecule has 0 saturated carbocycles. The van der Waals surface area contributed by atoms with Gasteiger partial charge in [0.25, 0.3) is 0 Å². The summed E-state index contributed by atoms with van der Waals surface area (Å²) in [6.45, 7) is 0. The van der Waals surface area contributed by atoms with Crippen LogP contribution in [0.15, 0.2) is 45.7 Å². The fraction of sp³-hybridized carbons (Fsp3) is 0.0769. The standard InChI is InChI=1S/C13H9BrN2O/c1-16-10-5-3-2-4-9(10)15-12-11(16)7-6-8(14)13(12)17/h2-7H,1H3. The van der Waals surface area contributed by atoms with E-state index in [0.29, 0.717) is 10.2 Å². The van der Waals surface area contributed by atoms with Crippen molar-refractivity contribution in [2.45, 2.75) is 0 Å². The SMILES string of the molecule is Cn1c2ccc(Br)c(=O)c-2nc2ccccc21. The molecule has 1 aliphatic heterocycles. The number of halogens is 1. The highest BCUT2D eigenvalue weighted by atomic mass is 79.9. The third-order valence-electron chi connectivity index (χ3n) is 2.90. The molecule has 0 aromatic heterocycles. The Kier molecular flexibility index (Phi) is 2.26. The number of aromatic nitrogens is 2. The molecule has 1 aliphatic carbocycles. The average Bonchev–Trinajstić information content (AvgIpc) is 2.35. The minimum Gasteiger partial charge on any atom is -0.341 e. The molecule has 4 heteroatoms. The van der Waals surface area contributed by atoms with E-state index in [-0.39, 0.29) is 5.43 Å². The molecule has 0 N–H and O–H groups in total. The van der Waals surface area contributed by atoms with E-state index >= 15 is 0 Å². The second-order valence-corrected chi connectivity index (χ2v) is 4.76. The van der Waals surface area contributed by atoms with Crippen molar-refractivity contribution < 1.29 is 0 Å². The van der Waals surface area contributed by atoms with Crippen LogP contribution in [-0.2, 0) is 7.05 Å². The molecule has 0 saturated heterocycles. The molecule has 3 rings (SSSR count). The van der Waals surface area contributed by atoms with Crippen LogP contribution in [0.3, 0.4) is 0 Å². The van der Waals surface area contributed by atoms with Crippen molar-refractivity contribution in [3.05, 3.63) is 51.1 Å². The van der Waals surface area contributed by atoms with E-state index in [0.717, 1.165) is 16.7 Å². The summed E-state index contributed by atoms with van der Waals surface area (Å²) in [4.78, 5) is 16.4. The number of nitrogens with zero attached hydrogens (tertiary/aromatic N) is 2. The molecule has 17 heavy (non-hydrogen) atoms. The zero-order valence-corrected chi connectivity index (χ0v) is 10.7. The van der Waals surface area contributed by atoms with Crippen LogP contribution in [0.5, 0.6) is 0 Å². The van der Waals surface area contributed by atoms with Gasteiger partial charge in [0.2, 0.25) is 5.43 Å². The van der Waals surface area contributed by atoms with Crippen LogP contribution in [-0.4, -0.2) is 9.55 Å². The molecule has 3 nitrogen and oxygen atoms in total. The van der Waals surface area contributed by atoms with Crippen molar-refractivity contribution in [3.63, 3.8) is 0 Å². The van der Waals surface area contributed by atoms with Gasteiger partial charge in [-0.3, -0.25) is 4.79 Å². The van der Waals surface area contributed by atoms with Crippen LogP contribution >= 0.6 is 15.9 Å². The van der Waals surface area contributed by atoms with E-state index in [9.17, 15) is 4.79 Å². The van der Waals surface area contributed by atoms with E-state index in [1.807, 2.05) is 41.9 Å². The number of aryl methyl sites for hydroxylation is 1. The molecule has 0 unspecified atom stereocenters. The summed E-state index contributed by atoms with van der Waals surface area (Å²) in [6, 6.07) is 11.5. The van der Waals surface area contributed by atoms with Gasteiger partial charge in [-0.15, -0.1) is 0 Å². The topological polar surface area (TPSA) is 34.9 Å². The summed E-state index contributed by atoms with van der Waals surface area (Å²) in [5.74, 6) is 0. The van der Waals surface area contributed by atoms with Gasteiger partial charge in [-0.25, -0.2) is 4.98 Å². The second-order valence-electron chi connectivity index (χ2n) is 3.90. The Balaban J connectivity index is 2.60. The first-order valence-corrected chi connectivity index (χ1v) is 6.02. The van der Waals surface area contributed by atoms with Crippen molar-refractivity contribution in [3.8, 4) is 11.4 Å². The lowest BCUT2D eigenvalue weighted by atomic mass is 10.1. The lowest BCUT2D eigenvalue weighted by molar-refractivity contribution is 0.943. The first-order valence-electron chi connectivity index (χ1n) is 5.22. The van der Waals surface area contributed by atoms with Gasteiger partial charge in [-0.1, -0.05) is 12.1 Å². The number of para-hydroxylation sites is 2. The lowest BCUT2D eigenvalue weighted by Crippen LogP contribution is -2.13. The summed E-state index contributed by atoms with van der Waals surface area (Å²) in [5.41, 5.74) is 3.13. The molecule has 1 aromatic rings. The predicted octanol–water partition coefficient (Wildman–Crippen LogP) is 2.80. The van der Waals surface area contributed by atoms with Crippen LogP contribution in [0.25, 0.3) is 22.4 Å². The van der Waals surface area contributed by atoms with Crippen molar-refractivity contribution in [1.82, 2.24) is 9.55 Å². The molecule has 0 atom stereocenters. The number of benzene rings is 2.